The number of hydrogen-bond donors (Lipinski definition) is 0. The van der Waals surface area contributed by atoms with Crippen molar-refractivity contribution in [2.45, 2.75) is 6.04 Å². The lowest BCUT2D eigenvalue weighted by atomic mass is 10.0. The van der Waals surface area contributed by atoms with Gasteiger partial charge in [-0.2, -0.15) is 0 Å². The number of carbonyl (C=O) groups excluding carboxylic acids is 1. The van der Waals surface area contributed by atoms with Crippen molar-refractivity contribution in [1.82, 2.24) is 9.80 Å². The molecule has 0 saturated carbocycles. The van der Waals surface area contributed by atoms with Crippen molar-refractivity contribution in [3.05, 3.63) is 35.9 Å². The second-order valence-corrected chi connectivity index (χ2v) is 5.32. The van der Waals surface area contributed by atoms with Crippen LogP contribution in [0.2, 0.25) is 0 Å². The van der Waals surface area contributed by atoms with E-state index in [1.54, 1.807) is 7.11 Å². The van der Waals surface area contributed by atoms with Gasteiger partial charge in [0.1, 0.15) is 6.61 Å². The third kappa shape index (κ3) is 4.52. The zero-order valence-corrected chi connectivity index (χ0v) is 12.8. The summed E-state index contributed by atoms with van der Waals surface area (Å²) in [4.78, 5) is 16.6. The molecule has 21 heavy (non-hydrogen) atoms. The Kier molecular flexibility index (Phi) is 6.17. The number of nitrogens with zero attached hydrogens (tertiary/aromatic N) is 2. The van der Waals surface area contributed by atoms with Gasteiger partial charge >= 0.3 is 0 Å². The molecule has 2 rings (SSSR count). The molecule has 1 aromatic carbocycles. The summed E-state index contributed by atoms with van der Waals surface area (Å²) >= 11 is 0. The van der Waals surface area contributed by atoms with Gasteiger partial charge in [-0.1, -0.05) is 30.3 Å². The van der Waals surface area contributed by atoms with E-state index < -0.39 is 0 Å². The minimum absolute atomic E-state index is 0.0491. The lowest BCUT2D eigenvalue weighted by Crippen LogP contribution is -2.50. The lowest BCUT2D eigenvalue weighted by Gasteiger charge is -2.40. The number of rotatable bonds is 6. The zero-order valence-electron chi connectivity index (χ0n) is 12.8. The van der Waals surface area contributed by atoms with Gasteiger partial charge in [-0.25, -0.2) is 0 Å². The van der Waals surface area contributed by atoms with E-state index in [4.69, 9.17) is 9.47 Å². The number of piperazine rings is 1. The highest BCUT2D eigenvalue weighted by Gasteiger charge is 2.29. The number of amides is 1. The summed E-state index contributed by atoms with van der Waals surface area (Å²) in [7, 11) is 3.71. The predicted octanol–water partition coefficient (Wildman–Crippen LogP) is 1.16. The van der Waals surface area contributed by atoms with Crippen molar-refractivity contribution < 1.29 is 14.3 Å². The molecule has 1 atom stereocenters. The van der Waals surface area contributed by atoms with Crippen molar-refractivity contribution in [1.29, 1.82) is 0 Å². The number of likely N-dealkylation sites (N-methyl/N-ethyl adjacent to an activating group) is 1. The van der Waals surface area contributed by atoms with Crippen molar-refractivity contribution in [2.24, 2.45) is 0 Å². The Hall–Kier alpha value is -1.43. The fourth-order valence-electron chi connectivity index (χ4n) is 2.56. The Morgan fingerprint density at radius 3 is 2.71 bits per heavy atom. The first kappa shape index (κ1) is 15.9. The van der Waals surface area contributed by atoms with E-state index in [1.165, 1.54) is 5.56 Å². The highest BCUT2D eigenvalue weighted by Crippen LogP contribution is 2.24. The van der Waals surface area contributed by atoms with Gasteiger partial charge in [-0.15, -0.1) is 0 Å². The van der Waals surface area contributed by atoms with Crippen LogP contribution in [0.25, 0.3) is 0 Å². The second-order valence-electron chi connectivity index (χ2n) is 5.32. The molecule has 1 aliphatic heterocycles. The average molecular weight is 292 g/mol. The molecule has 1 unspecified atom stereocenters. The molecule has 0 radical (unpaired) electrons. The van der Waals surface area contributed by atoms with Crippen LogP contribution in [0.15, 0.2) is 30.3 Å². The summed E-state index contributed by atoms with van der Waals surface area (Å²) in [6, 6.07) is 10.3. The maximum absolute atomic E-state index is 12.4. The first-order valence-corrected chi connectivity index (χ1v) is 7.32. The molecular weight excluding hydrogens is 268 g/mol. The van der Waals surface area contributed by atoms with Gasteiger partial charge in [0.05, 0.1) is 19.3 Å². The van der Waals surface area contributed by atoms with Crippen LogP contribution in [0, 0.1) is 0 Å². The quantitative estimate of drug-likeness (QED) is 0.738. The summed E-state index contributed by atoms with van der Waals surface area (Å²) in [5.41, 5.74) is 1.18. The number of hydrogen-bond acceptors (Lipinski definition) is 4. The van der Waals surface area contributed by atoms with Crippen molar-refractivity contribution in [3.63, 3.8) is 0 Å². The molecule has 0 spiro atoms. The number of methoxy groups -OCH3 is 1. The minimum Gasteiger partial charge on any atom is -0.382 e. The Labute approximate surface area is 126 Å². The molecule has 0 bridgehead atoms. The van der Waals surface area contributed by atoms with Gasteiger partial charge in [-0.3, -0.25) is 4.79 Å². The molecule has 1 fully saturated rings. The third-order valence-corrected chi connectivity index (χ3v) is 3.75. The van der Waals surface area contributed by atoms with E-state index in [9.17, 15) is 4.79 Å². The number of carbonyl (C=O) groups is 1. The molecule has 1 aromatic rings. The zero-order chi connectivity index (χ0) is 15.1. The molecule has 1 amide bonds. The normalized spacial score (nSPS) is 19.7. The SMILES string of the molecule is COCCOCC(=O)N1CCN(C)CC1c1ccccc1. The fourth-order valence-corrected chi connectivity index (χ4v) is 2.56. The van der Waals surface area contributed by atoms with Gasteiger partial charge in [0.25, 0.3) is 0 Å². The van der Waals surface area contributed by atoms with E-state index in [2.05, 4.69) is 24.1 Å². The van der Waals surface area contributed by atoms with Crippen molar-refractivity contribution >= 4 is 5.91 Å². The first-order valence-electron chi connectivity index (χ1n) is 7.32. The van der Waals surface area contributed by atoms with Gasteiger partial charge in [0, 0.05) is 26.7 Å². The van der Waals surface area contributed by atoms with Crippen LogP contribution in [0.4, 0.5) is 0 Å². The summed E-state index contributed by atoms with van der Waals surface area (Å²) in [6.45, 7) is 3.57. The third-order valence-electron chi connectivity index (χ3n) is 3.75. The van der Waals surface area contributed by atoms with E-state index in [1.807, 2.05) is 23.1 Å². The maximum Gasteiger partial charge on any atom is 0.249 e. The predicted molar refractivity (Wildman–Crippen MR) is 81.1 cm³/mol. The average Bonchev–Trinajstić information content (AvgIpc) is 2.52. The lowest BCUT2D eigenvalue weighted by molar-refractivity contribution is -0.141. The van der Waals surface area contributed by atoms with Crippen LogP contribution in [0.5, 0.6) is 0 Å². The van der Waals surface area contributed by atoms with Crippen molar-refractivity contribution in [2.75, 3.05) is 53.6 Å². The summed E-state index contributed by atoms with van der Waals surface area (Å²) < 4.78 is 10.3. The molecule has 5 heteroatoms. The Morgan fingerprint density at radius 2 is 2.00 bits per heavy atom. The van der Waals surface area contributed by atoms with Gasteiger partial charge in [0.15, 0.2) is 0 Å². The number of ether oxygens (including phenoxy) is 2. The molecule has 0 aromatic heterocycles. The largest absolute Gasteiger partial charge is 0.382 e. The Balaban J connectivity index is 1.99. The molecule has 1 saturated heterocycles. The monoisotopic (exact) mass is 292 g/mol. The first-order chi connectivity index (χ1) is 10.2. The van der Waals surface area contributed by atoms with Crippen LogP contribution in [-0.4, -0.2) is 69.3 Å². The van der Waals surface area contributed by atoms with Gasteiger partial charge in [0.2, 0.25) is 5.91 Å². The molecule has 116 valence electrons. The number of benzene rings is 1. The Bertz CT molecular complexity index is 438. The second kappa shape index (κ2) is 8.12. The standard InChI is InChI=1S/C16H24N2O3/c1-17-8-9-18(16(19)13-21-11-10-20-2)15(12-17)14-6-4-3-5-7-14/h3-7,15H,8-13H2,1-2H3. The van der Waals surface area contributed by atoms with E-state index in [0.29, 0.717) is 13.2 Å². The topological polar surface area (TPSA) is 42.0 Å². The summed E-state index contributed by atoms with van der Waals surface area (Å²) in [5, 5.41) is 0. The van der Waals surface area contributed by atoms with Crippen LogP contribution >= 0.6 is 0 Å². The molecule has 5 nitrogen and oxygen atoms in total. The fraction of sp³-hybridized carbons (Fsp3) is 0.562. The molecular formula is C16H24N2O3. The van der Waals surface area contributed by atoms with Crippen molar-refractivity contribution in [3.8, 4) is 0 Å². The summed E-state index contributed by atoms with van der Waals surface area (Å²) in [6.07, 6.45) is 0. The maximum atomic E-state index is 12.4. The van der Waals surface area contributed by atoms with Crippen LogP contribution in [-0.2, 0) is 14.3 Å². The minimum atomic E-state index is 0.0491. The highest BCUT2D eigenvalue weighted by molar-refractivity contribution is 5.78. The molecule has 1 aliphatic rings. The van der Waals surface area contributed by atoms with Crippen LogP contribution in [0.3, 0.4) is 0 Å². The van der Waals surface area contributed by atoms with E-state index in [0.717, 1.165) is 19.6 Å². The van der Waals surface area contributed by atoms with Crippen LogP contribution < -0.4 is 0 Å². The van der Waals surface area contributed by atoms with Gasteiger partial charge < -0.3 is 19.3 Å². The Morgan fingerprint density at radius 1 is 1.24 bits per heavy atom. The molecule has 0 N–H and O–H groups in total. The van der Waals surface area contributed by atoms with Crippen LogP contribution in [0.1, 0.15) is 11.6 Å². The molecule has 0 aliphatic carbocycles. The molecule has 1 heterocycles. The smallest absolute Gasteiger partial charge is 0.249 e. The van der Waals surface area contributed by atoms with Gasteiger partial charge in [-0.05, 0) is 12.6 Å². The summed E-state index contributed by atoms with van der Waals surface area (Å²) in [5.74, 6) is 0.0491. The van der Waals surface area contributed by atoms with E-state index in [-0.39, 0.29) is 18.6 Å². The highest BCUT2D eigenvalue weighted by atomic mass is 16.5. The van der Waals surface area contributed by atoms with E-state index >= 15 is 0 Å².